The summed E-state index contributed by atoms with van der Waals surface area (Å²) < 4.78 is 5.73. The van der Waals surface area contributed by atoms with Crippen molar-refractivity contribution in [1.82, 2.24) is 5.43 Å². The Hall–Kier alpha value is -4.46. The fourth-order valence-electron chi connectivity index (χ4n) is 3.10. The van der Waals surface area contributed by atoms with Gasteiger partial charge in [-0.15, -0.1) is 0 Å². The van der Waals surface area contributed by atoms with Crippen molar-refractivity contribution in [2.24, 2.45) is 0 Å². The Morgan fingerprint density at radius 3 is 2.52 bits per heavy atom. The Morgan fingerprint density at radius 1 is 0.968 bits per heavy atom. The number of benzene rings is 3. The molecule has 8 nitrogen and oxygen atoms in total. The van der Waals surface area contributed by atoms with E-state index in [0.29, 0.717) is 22.6 Å². The van der Waals surface area contributed by atoms with Crippen LogP contribution in [0.2, 0.25) is 0 Å². The molecule has 0 aromatic heterocycles. The molecule has 0 spiro atoms. The van der Waals surface area contributed by atoms with Gasteiger partial charge in [-0.25, -0.2) is 5.01 Å². The fraction of sp³-hybridized carbons (Fsp3) is 0.0435. The maximum atomic E-state index is 12.7. The number of carbonyl (C=O) groups is 2. The van der Waals surface area contributed by atoms with Gasteiger partial charge in [-0.2, -0.15) is 0 Å². The number of non-ortho nitro benzene ring substituents is 1. The number of nitrogens with one attached hydrogen (secondary N) is 1. The van der Waals surface area contributed by atoms with Gasteiger partial charge in [-0.05, 0) is 41.5 Å². The van der Waals surface area contributed by atoms with Crippen LogP contribution in [0.5, 0.6) is 5.75 Å². The molecule has 8 heteroatoms. The average Bonchev–Trinajstić information content (AvgIpc) is 3.07. The normalized spacial score (nSPS) is 14.6. The molecule has 2 amide bonds. The zero-order valence-electron chi connectivity index (χ0n) is 16.2. The lowest BCUT2D eigenvalue weighted by molar-refractivity contribution is -0.384. The Bertz CT molecular complexity index is 1190. The van der Waals surface area contributed by atoms with Crippen molar-refractivity contribution >= 4 is 29.3 Å². The van der Waals surface area contributed by atoms with Gasteiger partial charge in [0.15, 0.2) is 0 Å². The van der Waals surface area contributed by atoms with Gasteiger partial charge in [0.1, 0.15) is 17.9 Å². The van der Waals surface area contributed by atoms with Crippen LogP contribution in [0.25, 0.3) is 6.08 Å². The van der Waals surface area contributed by atoms with Crippen LogP contribution in [0.1, 0.15) is 11.1 Å². The molecule has 1 N–H and O–H groups in total. The maximum Gasteiger partial charge on any atom is 0.282 e. The van der Waals surface area contributed by atoms with Crippen LogP contribution in [0.4, 0.5) is 11.4 Å². The number of anilines is 1. The van der Waals surface area contributed by atoms with E-state index >= 15 is 0 Å². The molecule has 154 valence electrons. The number of nitro benzene ring substituents is 1. The van der Waals surface area contributed by atoms with Crippen molar-refractivity contribution in [3.8, 4) is 5.75 Å². The summed E-state index contributed by atoms with van der Waals surface area (Å²) in [6, 6.07) is 21.9. The van der Waals surface area contributed by atoms with Crippen molar-refractivity contribution in [2.75, 3.05) is 5.01 Å². The quantitative estimate of drug-likeness (QED) is 0.287. The zero-order valence-corrected chi connectivity index (χ0v) is 16.2. The third kappa shape index (κ3) is 4.43. The van der Waals surface area contributed by atoms with Gasteiger partial charge in [-0.1, -0.05) is 42.5 Å². The Morgan fingerprint density at radius 2 is 1.74 bits per heavy atom. The Balaban J connectivity index is 1.50. The average molecular weight is 415 g/mol. The minimum Gasteiger partial charge on any atom is -0.489 e. The number of hydrogen-bond donors (Lipinski definition) is 1. The van der Waals surface area contributed by atoms with Crippen molar-refractivity contribution in [1.29, 1.82) is 0 Å². The largest absolute Gasteiger partial charge is 0.489 e. The number of nitro groups is 1. The lowest BCUT2D eigenvalue weighted by atomic mass is 10.1. The molecule has 1 saturated heterocycles. The van der Waals surface area contributed by atoms with E-state index in [9.17, 15) is 19.7 Å². The van der Waals surface area contributed by atoms with E-state index in [1.807, 2.05) is 6.07 Å². The van der Waals surface area contributed by atoms with Crippen LogP contribution >= 0.6 is 0 Å². The monoisotopic (exact) mass is 415 g/mol. The van der Waals surface area contributed by atoms with E-state index in [-0.39, 0.29) is 17.9 Å². The Kier molecular flexibility index (Phi) is 5.44. The van der Waals surface area contributed by atoms with Crippen molar-refractivity contribution < 1.29 is 19.2 Å². The summed E-state index contributed by atoms with van der Waals surface area (Å²) >= 11 is 0. The molecule has 0 aliphatic carbocycles. The fourth-order valence-corrected chi connectivity index (χ4v) is 3.10. The second-order valence-electron chi connectivity index (χ2n) is 6.76. The molecule has 1 fully saturated rings. The second-order valence-corrected chi connectivity index (χ2v) is 6.76. The van der Waals surface area contributed by atoms with Crippen LogP contribution < -0.4 is 15.2 Å². The predicted molar refractivity (Wildman–Crippen MR) is 114 cm³/mol. The van der Waals surface area contributed by atoms with Crippen LogP contribution in [-0.2, 0) is 16.2 Å². The molecular formula is C23H17N3O5. The SMILES string of the molecule is O=C1NN(c2ccccc2)C(=O)C1=Cc1cccc(OCc2cccc([N+](=O)[O-])c2)c1. The van der Waals surface area contributed by atoms with E-state index in [2.05, 4.69) is 5.43 Å². The molecule has 3 aromatic rings. The molecule has 0 saturated carbocycles. The first-order chi connectivity index (χ1) is 15.0. The second kappa shape index (κ2) is 8.50. The number of hydrazine groups is 1. The van der Waals surface area contributed by atoms with Gasteiger partial charge in [0.05, 0.1) is 10.6 Å². The van der Waals surface area contributed by atoms with Crippen molar-refractivity contribution in [3.05, 3.63) is 106 Å². The number of hydrogen-bond acceptors (Lipinski definition) is 5. The van der Waals surface area contributed by atoms with Gasteiger partial charge < -0.3 is 4.74 Å². The summed E-state index contributed by atoms with van der Waals surface area (Å²) in [6.07, 6.45) is 1.50. The highest BCUT2D eigenvalue weighted by Crippen LogP contribution is 2.23. The summed E-state index contributed by atoms with van der Waals surface area (Å²) in [7, 11) is 0. The molecule has 0 bridgehead atoms. The van der Waals surface area contributed by atoms with Crippen molar-refractivity contribution in [2.45, 2.75) is 6.61 Å². The van der Waals surface area contributed by atoms with Crippen LogP contribution in [0.15, 0.2) is 84.4 Å². The lowest BCUT2D eigenvalue weighted by Gasteiger charge is -2.13. The topological polar surface area (TPSA) is 102 Å². The van der Waals surface area contributed by atoms with Crippen LogP contribution in [-0.4, -0.2) is 16.7 Å². The lowest BCUT2D eigenvalue weighted by Crippen LogP contribution is -2.35. The molecule has 0 radical (unpaired) electrons. The number of para-hydroxylation sites is 1. The van der Waals surface area contributed by atoms with Crippen LogP contribution in [0.3, 0.4) is 0 Å². The molecule has 31 heavy (non-hydrogen) atoms. The zero-order chi connectivity index (χ0) is 21.8. The highest BCUT2D eigenvalue weighted by atomic mass is 16.6. The van der Waals surface area contributed by atoms with Gasteiger partial charge in [0, 0.05) is 12.1 Å². The number of nitrogens with zero attached hydrogens (tertiary/aromatic N) is 2. The van der Waals surface area contributed by atoms with Gasteiger partial charge >= 0.3 is 0 Å². The highest BCUT2D eigenvalue weighted by Gasteiger charge is 2.34. The van der Waals surface area contributed by atoms with E-state index < -0.39 is 16.7 Å². The summed E-state index contributed by atoms with van der Waals surface area (Å²) in [5.74, 6) is -0.428. The summed E-state index contributed by atoms with van der Waals surface area (Å²) in [5, 5.41) is 12.1. The highest BCUT2D eigenvalue weighted by molar-refractivity contribution is 6.31. The molecule has 3 aromatic carbocycles. The molecule has 1 aliphatic rings. The van der Waals surface area contributed by atoms with Crippen molar-refractivity contribution in [3.63, 3.8) is 0 Å². The first kappa shape index (κ1) is 19.8. The smallest absolute Gasteiger partial charge is 0.282 e. The van der Waals surface area contributed by atoms with E-state index in [4.69, 9.17) is 4.74 Å². The molecule has 0 atom stereocenters. The minimum absolute atomic E-state index is 0.00619. The summed E-state index contributed by atoms with van der Waals surface area (Å²) in [4.78, 5) is 35.5. The van der Waals surface area contributed by atoms with Gasteiger partial charge in [-0.3, -0.25) is 25.1 Å². The van der Waals surface area contributed by atoms with E-state index in [1.165, 1.54) is 23.2 Å². The van der Waals surface area contributed by atoms with Gasteiger partial charge in [0.25, 0.3) is 17.5 Å². The summed E-state index contributed by atoms with van der Waals surface area (Å²) in [5.41, 5.74) is 4.40. The number of amides is 2. The van der Waals surface area contributed by atoms with E-state index in [0.717, 1.165) is 0 Å². The number of rotatable bonds is 6. The molecule has 1 heterocycles. The van der Waals surface area contributed by atoms with Crippen LogP contribution in [0, 0.1) is 10.1 Å². The third-order valence-electron chi connectivity index (χ3n) is 4.60. The maximum absolute atomic E-state index is 12.7. The Labute approximate surface area is 177 Å². The summed E-state index contributed by atoms with van der Waals surface area (Å²) in [6.45, 7) is 0.142. The van der Waals surface area contributed by atoms with E-state index in [1.54, 1.807) is 60.7 Å². The molecular weight excluding hydrogens is 398 g/mol. The first-order valence-corrected chi connectivity index (χ1v) is 9.39. The molecule has 1 aliphatic heterocycles. The predicted octanol–water partition coefficient (Wildman–Crippen LogP) is 3.64. The third-order valence-corrected chi connectivity index (χ3v) is 4.60. The molecule has 4 rings (SSSR count). The first-order valence-electron chi connectivity index (χ1n) is 9.39. The van der Waals surface area contributed by atoms with Gasteiger partial charge in [0.2, 0.25) is 0 Å². The minimum atomic E-state index is -0.489. The number of carbonyl (C=O) groups excluding carboxylic acids is 2. The standard InChI is InChI=1S/C23H17N3O5/c27-22-21(23(28)25(24-22)18-8-2-1-3-9-18)14-16-6-5-11-20(13-16)31-15-17-7-4-10-19(12-17)26(29)30/h1-14H,15H2,(H,24,27). The molecule has 0 unspecified atom stereocenters. The number of ether oxygens (including phenoxy) is 1.